The summed E-state index contributed by atoms with van der Waals surface area (Å²) < 4.78 is 6.79. The van der Waals surface area contributed by atoms with Crippen molar-refractivity contribution in [2.24, 2.45) is 0 Å². The molecule has 98 valence electrons. The number of rotatable bonds is 3. The molecule has 0 spiro atoms. The standard InChI is InChI=1S/C14H14BrN3O/c1-9-14(17-4-3-16-9)18-8-11-7-12(15)6-10-2-5-19-13(10)11/h3-4,6-7H,2,5,8H2,1H3,(H,17,18). The molecule has 0 aliphatic carbocycles. The van der Waals surface area contributed by atoms with Crippen LogP contribution in [0, 0.1) is 6.92 Å². The molecular weight excluding hydrogens is 306 g/mol. The fourth-order valence-electron chi connectivity index (χ4n) is 2.24. The summed E-state index contributed by atoms with van der Waals surface area (Å²) in [6, 6.07) is 4.21. The van der Waals surface area contributed by atoms with E-state index in [2.05, 4.69) is 43.3 Å². The Bertz CT molecular complexity index is 616. The number of benzene rings is 1. The van der Waals surface area contributed by atoms with Crippen LogP contribution in [0.5, 0.6) is 5.75 Å². The molecule has 5 heteroatoms. The van der Waals surface area contributed by atoms with Crippen molar-refractivity contribution in [3.63, 3.8) is 0 Å². The molecule has 0 unspecified atom stereocenters. The quantitative estimate of drug-likeness (QED) is 0.944. The lowest BCUT2D eigenvalue weighted by Gasteiger charge is -2.11. The van der Waals surface area contributed by atoms with Crippen LogP contribution in [0.3, 0.4) is 0 Å². The zero-order chi connectivity index (χ0) is 13.2. The molecule has 1 aromatic heterocycles. The third kappa shape index (κ3) is 2.56. The van der Waals surface area contributed by atoms with E-state index in [4.69, 9.17) is 4.74 Å². The highest BCUT2D eigenvalue weighted by Crippen LogP contribution is 2.33. The van der Waals surface area contributed by atoms with E-state index in [0.29, 0.717) is 6.54 Å². The van der Waals surface area contributed by atoms with Crippen LogP contribution in [0.4, 0.5) is 5.82 Å². The van der Waals surface area contributed by atoms with Gasteiger partial charge in [-0.25, -0.2) is 4.98 Å². The molecule has 2 heterocycles. The molecule has 4 nitrogen and oxygen atoms in total. The zero-order valence-corrected chi connectivity index (χ0v) is 12.2. The van der Waals surface area contributed by atoms with Crippen molar-refractivity contribution < 1.29 is 4.74 Å². The van der Waals surface area contributed by atoms with E-state index in [1.165, 1.54) is 5.56 Å². The zero-order valence-electron chi connectivity index (χ0n) is 10.6. The van der Waals surface area contributed by atoms with Gasteiger partial charge in [0.1, 0.15) is 11.6 Å². The van der Waals surface area contributed by atoms with Gasteiger partial charge in [-0.2, -0.15) is 0 Å². The van der Waals surface area contributed by atoms with Crippen LogP contribution in [0.25, 0.3) is 0 Å². The van der Waals surface area contributed by atoms with Crippen molar-refractivity contribution in [3.05, 3.63) is 45.8 Å². The average molecular weight is 320 g/mol. The monoisotopic (exact) mass is 319 g/mol. The highest BCUT2D eigenvalue weighted by atomic mass is 79.9. The number of halogens is 1. The summed E-state index contributed by atoms with van der Waals surface area (Å²) >= 11 is 3.55. The summed E-state index contributed by atoms with van der Waals surface area (Å²) in [5, 5.41) is 3.31. The first-order valence-corrected chi connectivity index (χ1v) is 6.99. The lowest BCUT2D eigenvalue weighted by molar-refractivity contribution is 0.354. The first kappa shape index (κ1) is 12.4. The first-order chi connectivity index (χ1) is 9.24. The Morgan fingerprint density at radius 3 is 3.00 bits per heavy atom. The molecule has 19 heavy (non-hydrogen) atoms. The SMILES string of the molecule is Cc1nccnc1NCc1cc(Br)cc2c1OCC2. The van der Waals surface area contributed by atoms with Crippen molar-refractivity contribution in [1.29, 1.82) is 0 Å². The molecule has 1 aromatic carbocycles. The Hall–Kier alpha value is -1.62. The van der Waals surface area contributed by atoms with Crippen molar-refractivity contribution in [3.8, 4) is 5.75 Å². The normalized spacial score (nSPS) is 12.9. The topological polar surface area (TPSA) is 47.0 Å². The maximum absolute atomic E-state index is 5.71. The van der Waals surface area contributed by atoms with E-state index in [0.717, 1.165) is 40.3 Å². The van der Waals surface area contributed by atoms with Gasteiger partial charge in [-0.05, 0) is 24.6 Å². The smallest absolute Gasteiger partial charge is 0.147 e. The summed E-state index contributed by atoms with van der Waals surface area (Å²) in [6.45, 7) is 3.39. The largest absolute Gasteiger partial charge is 0.493 e. The fraction of sp³-hybridized carbons (Fsp3) is 0.286. The Morgan fingerprint density at radius 1 is 1.32 bits per heavy atom. The van der Waals surface area contributed by atoms with Crippen LogP contribution in [0.15, 0.2) is 29.0 Å². The summed E-state index contributed by atoms with van der Waals surface area (Å²) in [5.74, 6) is 1.83. The van der Waals surface area contributed by atoms with Gasteiger partial charge in [0.2, 0.25) is 0 Å². The van der Waals surface area contributed by atoms with Crippen molar-refractivity contribution >= 4 is 21.7 Å². The Labute approximate surface area is 120 Å². The van der Waals surface area contributed by atoms with E-state index < -0.39 is 0 Å². The van der Waals surface area contributed by atoms with Gasteiger partial charge in [-0.15, -0.1) is 0 Å². The van der Waals surface area contributed by atoms with Gasteiger partial charge in [0.15, 0.2) is 0 Å². The van der Waals surface area contributed by atoms with Crippen LogP contribution >= 0.6 is 15.9 Å². The fourth-order valence-corrected chi connectivity index (χ4v) is 2.79. The molecule has 1 aliphatic rings. The van der Waals surface area contributed by atoms with Crippen LogP contribution < -0.4 is 10.1 Å². The molecule has 0 amide bonds. The summed E-state index contributed by atoms with van der Waals surface area (Å²) in [5.41, 5.74) is 3.31. The molecule has 1 aliphatic heterocycles. The van der Waals surface area contributed by atoms with Gasteiger partial charge < -0.3 is 10.1 Å². The number of nitrogens with one attached hydrogen (secondary N) is 1. The number of ether oxygens (including phenoxy) is 1. The molecule has 3 rings (SSSR count). The van der Waals surface area contributed by atoms with Gasteiger partial charge in [-0.1, -0.05) is 15.9 Å². The molecule has 0 atom stereocenters. The average Bonchev–Trinajstić information content (AvgIpc) is 2.85. The third-order valence-corrected chi connectivity index (χ3v) is 3.61. The summed E-state index contributed by atoms with van der Waals surface area (Å²) in [4.78, 5) is 8.50. The van der Waals surface area contributed by atoms with Crippen LogP contribution in [-0.2, 0) is 13.0 Å². The Kier molecular flexibility index (Phi) is 3.38. The predicted octanol–water partition coefficient (Wildman–Crippen LogP) is 3.09. The first-order valence-electron chi connectivity index (χ1n) is 6.19. The highest BCUT2D eigenvalue weighted by Gasteiger charge is 2.17. The minimum absolute atomic E-state index is 0.682. The minimum Gasteiger partial charge on any atom is -0.493 e. The molecular formula is C14H14BrN3O. The molecule has 0 saturated heterocycles. The maximum Gasteiger partial charge on any atom is 0.147 e. The van der Waals surface area contributed by atoms with E-state index in [1.54, 1.807) is 12.4 Å². The molecule has 0 radical (unpaired) electrons. The number of aryl methyl sites for hydroxylation is 1. The second-order valence-electron chi connectivity index (χ2n) is 4.50. The van der Waals surface area contributed by atoms with E-state index in [-0.39, 0.29) is 0 Å². The maximum atomic E-state index is 5.71. The number of hydrogen-bond acceptors (Lipinski definition) is 4. The predicted molar refractivity (Wildman–Crippen MR) is 77.4 cm³/mol. The Balaban J connectivity index is 1.83. The van der Waals surface area contributed by atoms with Gasteiger partial charge in [0, 0.05) is 35.4 Å². The van der Waals surface area contributed by atoms with Gasteiger partial charge in [-0.3, -0.25) is 4.98 Å². The number of hydrogen-bond donors (Lipinski definition) is 1. The van der Waals surface area contributed by atoms with E-state index in [9.17, 15) is 0 Å². The van der Waals surface area contributed by atoms with Gasteiger partial charge in [0.25, 0.3) is 0 Å². The van der Waals surface area contributed by atoms with Crippen LogP contribution in [0.2, 0.25) is 0 Å². The van der Waals surface area contributed by atoms with Crippen molar-refractivity contribution in [2.45, 2.75) is 19.9 Å². The van der Waals surface area contributed by atoms with Gasteiger partial charge >= 0.3 is 0 Å². The summed E-state index contributed by atoms with van der Waals surface area (Å²) in [7, 11) is 0. The van der Waals surface area contributed by atoms with Crippen LogP contribution in [-0.4, -0.2) is 16.6 Å². The number of nitrogens with zero attached hydrogens (tertiary/aromatic N) is 2. The highest BCUT2D eigenvalue weighted by molar-refractivity contribution is 9.10. The lowest BCUT2D eigenvalue weighted by atomic mass is 10.1. The van der Waals surface area contributed by atoms with E-state index >= 15 is 0 Å². The van der Waals surface area contributed by atoms with Crippen LogP contribution in [0.1, 0.15) is 16.8 Å². The number of fused-ring (bicyclic) bond motifs is 1. The minimum atomic E-state index is 0.682. The van der Waals surface area contributed by atoms with Crippen molar-refractivity contribution in [1.82, 2.24) is 9.97 Å². The molecule has 0 saturated carbocycles. The van der Waals surface area contributed by atoms with Gasteiger partial charge in [0.05, 0.1) is 12.3 Å². The van der Waals surface area contributed by atoms with Crippen molar-refractivity contribution in [2.75, 3.05) is 11.9 Å². The number of anilines is 1. The molecule has 2 aromatic rings. The lowest BCUT2D eigenvalue weighted by Crippen LogP contribution is -2.05. The Morgan fingerprint density at radius 2 is 2.16 bits per heavy atom. The van der Waals surface area contributed by atoms with E-state index in [1.807, 2.05) is 6.92 Å². The second kappa shape index (κ2) is 5.17. The third-order valence-electron chi connectivity index (χ3n) is 3.15. The summed E-state index contributed by atoms with van der Waals surface area (Å²) in [6.07, 6.45) is 4.36. The molecule has 0 bridgehead atoms. The molecule has 1 N–H and O–H groups in total. The molecule has 0 fully saturated rings. The number of aromatic nitrogens is 2. The second-order valence-corrected chi connectivity index (χ2v) is 5.41.